The molecule has 0 rings (SSSR count). The van der Waals surface area contributed by atoms with E-state index in [2.05, 4.69) is 37.2 Å². The van der Waals surface area contributed by atoms with Gasteiger partial charge in [0.05, 0.1) is 6.54 Å². The number of carbonyl (C=O) groups excluding carboxylic acids is 1. The standard InChI is InChI=1S/C14H23NO2/c1-7-15(8-2)11-9-10-14(6,12(3)4)17-13(5)16/h3,7-8,11H2,1-2,4-6H3. The normalized spacial score (nSPS) is 13.5. The number of esters is 1. The first-order valence-corrected chi connectivity index (χ1v) is 5.93. The van der Waals surface area contributed by atoms with Gasteiger partial charge in [-0.05, 0) is 38.4 Å². The summed E-state index contributed by atoms with van der Waals surface area (Å²) in [7, 11) is 0. The molecule has 0 spiro atoms. The van der Waals surface area contributed by atoms with Crippen LogP contribution in [-0.2, 0) is 9.53 Å². The summed E-state index contributed by atoms with van der Waals surface area (Å²) in [5, 5.41) is 0. The molecule has 3 heteroatoms. The van der Waals surface area contributed by atoms with E-state index in [1.165, 1.54) is 6.92 Å². The van der Waals surface area contributed by atoms with Crippen molar-refractivity contribution in [3.05, 3.63) is 12.2 Å². The van der Waals surface area contributed by atoms with Crippen molar-refractivity contribution in [1.82, 2.24) is 4.90 Å². The van der Waals surface area contributed by atoms with Crippen LogP contribution in [0.3, 0.4) is 0 Å². The third kappa shape index (κ3) is 5.55. The number of rotatable bonds is 5. The number of hydrogen-bond donors (Lipinski definition) is 0. The Labute approximate surface area is 105 Å². The molecular formula is C14H23NO2. The van der Waals surface area contributed by atoms with Gasteiger partial charge in [-0.3, -0.25) is 9.69 Å². The lowest BCUT2D eigenvalue weighted by Crippen LogP contribution is -2.31. The number of ether oxygens (including phenoxy) is 1. The molecule has 96 valence electrons. The van der Waals surface area contributed by atoms with Crippen molar-refractivity contribution in [1.29, 1.82) is 0 Å². The zero-order valence-electron chi connectivity index (χ0n) is 11.6. The van der Waals surface area contributed by atoms with Crippen LogP contribution in [0.4, 0.5) is 0 Å². The first-order chi connectivity index (χ1) is 7.85. The summed E-state index contributed by atoms with van der Waals surface area (Å²) in [4.78, 5) is 13.2. The quantitative estimate of drug-likeness (QED) is 0.417. The van der Waals surface area contributed by atoms with E-state index in [1.807, 2.05) is 6.92 Å². The highest BCUT2D eigenvalue weighted by atomic mass is 16.6. The molecule has 0 aromatic rings. The van der Waals surface area contributed by atoms with E-state index in [9.17, 15) is 4.79 Å². The highest BCUT2D eigenvalue weighted by molar-refractivity contribution is 5.67. The van der Waals surface area contributed by atoms with Crippen LogP contribution in [0.15, 0.2) is 12.2 Å². The van der Waals surface area contributed by atoms with Gasteiger partial charge >= 0.3 is 5.97 Å². The second kappa shape index (κ2) is 7.13. The maximum Gasteiger partial charge on any atom is 0.304 e. The molecule has 0 heterocycles. The fourth-order valence-corrected chi connectivity index (χ4v) is 1.27. The molecule has 0 bridgehead atoms. The largest absolute Gasteiger partial charge is 0.442 e. The van der Waals surface area contributed by atoms with Crippen molar-refractivity contribution in [2.45, 2.75) is 40.2 Å². The molecule has 17 heavy (non-hydrogen) atoms. The SMILES string of the molecule is C=C(C)C(C)(C#CCN(CC)CC)OC(C)=O. The third-order valence-electron chi connectivity index (χ3n) is 2.69. The highest BCUT2D eigenvalue weighted by Crippen LogP contribution is 2.18. The number of nitrogens with zero attached hydrogens (tertiary/aromatic N) is 1. The van der Waals surface area contributed by atoms with Crippen molar-refractivity contribution >= 4 is 5.97 Å². The van der Waals surface area contributed by atoms with Gasteiger partial charge in [0.2, 0.25) is 0 Å². The Kier molecular flexibility index (Phi) is 6.60. The molecule has 1 unspecified atom stereocenters. The van der Waals surface area contributed by atoms with Gasteiger partial charge in [-0.15, -0.1) is 0 Å². The summed E-state index contributed by atoms with van der Waals surface area (Å²) in [5.74, 6) is 5.70. The average Bonchev–Trinajstić information content (AvgIpc) is 2.23. The molecular weight excluding hydrogens is 214 g/mol. The third-order valence-corrected chi connectivity index (χ3v) is 2.69. The lowest BCUT2D eigenvalue weighted by atomic mass is 9.99. The van der Waals surface area contributed by atoms with Gasteiger partial charge in [0.25, 0.3) is 0 Å². The molecule has 0 aliphatic carbocycles. The van der Waals surface area contributed by atoms with Crippen LogP contribution in [0.1, 0.15) is 34.6 Å². The maximum absolute atomic E-state index is 11.0. The van der Waals surface area contributed by atoms with Crippen molar-refractivity contribution in [2.24, 2.45) is 0 Å². The Morgan fingerprint density at radius 3 is 2.24 bits per heavy atom. The lowest BCUT2D eigenvalue weighted by molar-refractivity contribution is -0.147. The molecule has 0 saturated heterocycles. The van der Waals surface area contributed by atoms with E-state index in [0.29, 0.717) is 6.54 Å². The second-order valence-corrected chi connectivity index (χ2v) is 4.17. The molecule has 1 atom stereocenters. The first kappa shape index (κ1) is 15.7. The van der Waals surface area contributed by atoms with Gasteiger partial charge < -0.3 is 4.74 Å². The molecule has 0 aliphatic heterocycles. The van der Waals surface area contributed by atoms with Crippen molar-refractivity contribution in [2.75, 3.05) is 19.6 Å². The van der Waals surface area contributed by atoms with E-state index in [1.54, 1.807) is 6.92 Å². The Bertz CT molecular complexity index is 334. The van der Waals surface area contributed by atoms with Crippen LogP contribution >= 0.6 is 0 Å². The van der Waals surface area contributed by atoms with Crippen LogP contribution in [0.25, 0.3) is 0 Å². The van der Waals surface area contributed by atoms with Crippen molar-refractivity contribution in [3.63, 3.8) is 0 Å². The topological polar surface area (TPSA) is 29.5 Å². The van der Waals surface area contributed by atoms with E-state index in [4.69, 9.17) is 4.74 Å². The van der Waals surface area contributed by atoms with Crippen LogP contribution in [0, 0.1) is 11.8 Å². The van der Waals surface area contributed by atoms with Crippen LogP contribution in [0.5, 0.6) is 0 Å². The average molecular weight is 237 g/mol. The molecule has 0 fully saturated rings. The van der Waals surface area contributed by atoms with Crippen molar-refractivity contribution < 1.29 is 9.53 Å². The zero-order valence-corrected chi connectivity index (χ0v) is 11.6. The van der Waals surface area contributed by atoms with Crippen LogP contribution in [0.2, 0.25) is 0 Å². The predicted octanol–water partition coefficient (Wildman–Crippen LogP) is 2.23. The fourth-order valence-electron chi connectivity index (χ4n) is 1.27. The second-order valence-electron chi connectivity index (χ2n) is 4.17. The summed E-state index contributed by atoms with van der Waals surface area (Å²) >= 11 is 0. The minimum Gasteiger partial charge on any atom is -0.442 e. The van der Waals surface area contributed by atoms with E-state index in [0.717, 1.165) is 18.7 Å². The van der Waals surface area contributed by atoms with Crippen LogP contribution < -0.4 is 0 Å². The van der Waals surface area contributed by atoms with Gasteiger partial charge in [0, 0.05) is 6.92 Å². The zero-order chi connectivity index (χ0) is 13.5. The monoisotopic (exact) mass is 237 g/mol. The van der Waals surface area contributed by atoms with Gasteiger partial charge in [-0.25, -0.2) is 0 Å². The molecule has 0 aliphatic rings. The van der Waals surface area contributed by atoms with E-state index < -0.39 is 5.60 Å². The molecule has 0 aromatic heterocycles. The molecule has 0 N–H and O–H groups in total. The summed E-state index contributed by atoms with van der Waals surface area (Å²) in [6, 6.07) is 0. The van der Waals surface area contributed by atoms with Gasteiger partial charge in [-0.1, -0.05) is 26.3 Å². The molecule has 0 saturated carbocycles. The van der Waals surface area contributed by atoms with Gasteiger partial charge in [-0.2, -0.15) is 0 Å². The predicted molar refractivity (Wildman–Crippen MR) is 70.5 cm³/mol. The lowest BCUT2D eigenvalue weighted by Gasteiger charge is -2.23. The Hall–Kier alpha value is -1.27. The Balaban J connectivity index is 4.71. The summed E-state index contributed by atoms with van der Waals surface area (Å²) in [6.45, 7) is 15.6. The summed E-state index contributed by atoms with van der Waals surface area (Å²) in [6.07, 6.45) is 0. The van der Waals surface area contributed by atoms with Gasteiger partial charge in [0.1, 0.15) is 0 Å². The molecule has 3 nitrogen and oxygen atoms in total. The maximum atomic E-state index is 11.0. The Morgan fingerprint density at radius 2 is 1.88 bits per heavy atom. The van der Waals surface area contributed by atoms with E-state index in [-0.39, 0.29) is 5.97 Å². The van der Waals surface area contributed by atoms with Crippen molar-refractivity contribution in [3.8, 4) is 11.8 Å². The van der Waals surface area contributed by atoms with Crippen LogP contribution in [-0.4, -0.2) is 36.1 Å². The molecule has 0 amide bonds. The summed E-state index contributed by atoms with van der Waals surface area (Å²) in [5.41, 5.74) is -0.140. The molecule has 0 aromatic carbocycles. The summed E-state index contributed by atoms with van der Waals surface area (Å²) < 4.78 is 5.22. The highest BCUT2D eigenvalue weighted by Gasteiger charge is 2.25. The number of hydrogen-bond acceptors (Lipinski definition) is 3. The first-order valence-electron chi connectivity index (χ1n) is 5.93. The van der Waals surface area contributed by atoms with Gasteiger partial charge in [0.15, 0.2) is 5.60 Å². The fraction of sp³-hybridized carbons (Fsp3) is 0.643. The minimum atomic E-state index is -0.876. The van der Waals surface area contributed by atoms with E-state index >= 15 is 0 Å². The smallest absolute Gasteiger partial charge is 0.304 e. The number of carbonyl (C=O) groups is 1. The Morgan fingerprint density at radius 1 is 1.35 bits per heavy atom. The molecule has 0 radical (unpaired) electrons. The minimum absolute atomic E-state index is 0.340.